The summed E-state index contributed by atoms with van der Waals surface area (Å²) in [5.74, 6) is -1.71. The summed E-state index contributed by atoms with van der Waals surface area (Å²) in [5, 5.41) is 21.5. The van der Waals surface area contributed by atoms with E-state index in [-0.39, 0.29) is 33.9 Å². The number of carboxylic acid groups (broad SMARTS) is 1. The molecule has 1 saturated heterocycles. The van der Waals surface area contributed by atoms with Crippen molar-refractivity contribution in [2.24, 2.45) is 0 Å². The van der Waals surface area contributed by atoms with Crippen molar-refractivity contribution in [2.45, 2.75) is 12.5 Å². The van der Waals surface area contributed by atoms with Crippen LogP contribution in [0.25, 0.3) is 0 Å². The monoisotopic (exact) mass is 332 g/mol. The first-order chi connectivity index (χ1) is 9.86. The molecule has 21 heavy (non-hydrogen) atoms. The number of phenols is 1. The summed E-state index contributed by atoms with van der Waals surface area (Å²) < 4.78 is 0. The molecule has 1 aromatic rings. The van der Waals surface area contributed by atoms with Gasteiger partial charge in [-0.3, -0.25) is 14.5 Å². The van der Waals surface area contributed by atoms with Crippen LogP contribution < -0.4 is 5.32 Å². The van der Waals surface area contributed by atoms with E-state index in [1.807, 2.05) is 0 Å². The predicted molar refractivity (Wildman–Crippen MR) is 78.1 cm³/mol. The van der Waals surface area contributed by atoms with E-state index >= 15 is 0 Å². The number of hydrogen-bond acceptors (Lipinski definition) is 4. The molecular formula is C13H14Cl2N2O4. The first-order valence-electron chi connectivity index (χ1n) is 6.30. The second kappa shape index (κ2) is 6.51. The van der Waals surface area contributed by atoms with E-state index in [4.69, 9.17) is 28.3 Å². The van der Waals surface area contributed by atoms with Crippen LogP contribution in [0.15, 0.2) is 12.1 Å². The van der Waals surface area contributed by atoms with Crippen LogP contribution in [-0.2, 0) is 4.79 Å². The van der Waals surface area contributed by atoms with Gasteiger partial charge >= 0.3 is 5.97 Å². The molecule has 8 heteroatoms. The van der Waals surface area contributed by atoms with Gasteiger partial charge in [0.1, 0.15) is 5.75 Å². The van der Waals surface area contributed by atoms with Crippen LogP contribution >= 0.6 is 23.2 Å². The molecule has 2 rings (SSSR count). The number of carbonyl (C=O) groups is 2. The molecule has 0 aliphatic carbocycles. The fraction of sp³-hybridized carbons (Fsp3) is 0.385. The van der Waals surface area contributed by atoms with Crippen LogP contribution in [0.3, 0.4) is 0 Å². The predicted octanol–water partition coefficient (Wildman–Crippen LogP) is 1.59. The lowest BCUT2D eigenvalue weighted by atomic mass is 10.1. The van der Waals surface area contributed by atoms with E-state index in [2.05, 4.69) is 5.32 Å². The lowest BCUT2D eigenvalue weighted by Gasteiger charge is -2.15. The summed E-state index contributed by atoms with van der Waals surface area (Å²) in [7, 11) is 0. The van der Waals surface area contributed by atoms with Crippen molar-refractivity contribution in [1.29, 1.82) is 0 Å². The van der Waals surface area contributed by atoms with Crippen LogP contribution in [0.2, 0.25) is 10.0 Å². The van der Waals surface area contributed by atoms with Gasteiger partial charge in [0.2, 0.25) is 0 Å². The van der Waals surface area contributed by atoms with Crippen LogP contribution in [0.4, 0.5) is 0 Å². The minimum atomic E-state index is -0.902. The normalized spacial score (nSPS) is 18.7. The molecule has 1 atom stereocenters. The highest BCUT2D eigenvalue weighted by molar-refractivity contribution is 6.36. The number of phenolic OH excluding ortho intramolecular Hbond substituents is 1. The Morgan fingerprint density at radius 2 is 2.10 bits per heavy atom. The summed E-state index contributed by atoms with van der Waals surface area (Å²) in [6, 6.07) is 2.51. The standard InChI is InChI=1S/C13H14Cl2N2O4/c14-7-3-9(12(20)10(15)4-7)13(21)16-8-1-2-17(5-8)6-11(18)19/h3-4,8,20H,1-2,5-6H2,(H,16,21)(H,18,19). The molecule has 1 amide bonds. The lowest BCUT2D eigenvalue weighted by molar-refractivity contribution is -0.138. The van der Waals surface area contributed by atoms with Gasteiger partial charge in [-0.1, -0.05) is 23.2 Å². The SMILES string of the molecule is O=C(O)CN1CCC(NC(=O)c2cc(Cl)cc(Cl)c2O)C1. The second-order valence-electron chi connectivity index (χ2n) is 4.87. The topological polar surface area (TPSA) is 89.9 Å². The number of carbonyl (C=O) groups excluding carboxylic acids is 1. The van der Waals surface area contributed by atoms with Gasteiger partial charge in [0.25, 0.3) is 5.91 Å². The molecule has 6 nitrogen and oxygen atoms in total. The average molecular weight is 333 g/mol. The zero-order valence-electron chi connectivity index (χ0n) is 11.0. The maximum absolute atomic E-state index is 12.1. The number of nitrogens with zero attached hydrogens (tertiary/aromatic N) is 1. The van der Waals surface area contributed by atoms with Crippen LogP contribution in [-0.4, -0.2) is 52.7 Å². The number of aliphatic carboxylic acids is 1. The first kappa shape index (κ1) is 15.9. The second-order valence-corrected chi connectivity index (χ2v) is 5.72. The number of benzene rings is 1. The van der Waals surface area contributed by atoms with Crippen molar-refractivity contribution in [3.63, 3.8) is 0 Å². The highest BCUT2D eigenvalue weighted by Gasteiger charge is 2.26. The molecule has 114 valence electrons. The minimum absolute atomic E-state index is 0.00387. The zero-order chi connectivity index (χ0) is 15.6. The third-order valence-corrected chi connectivity index (χ3v) is 3.75. The third kappa shape index (κ3) is 4.00. The molecule has 0 aromatic heterocycles. The van der Waals surface area contributed by atoms with Gasteiger partial charge in [0.15, 0.2) is 0 Å². The summed E-state index contributed by atoms with van der Waals surface area (Å²) in [4.78, 5) is 24.5. The Kier molecular flexibility index (Phi) is 4.92. The molecule has 0 saturated carbocycles. The molecule has 0 spiro atoms. The number of nitrogens with one attached hydrogen (secondary N) is 1. The molecule has 3 N–H and O–H groups in total. The van der Waals surface area contributed by atoms with Crippen LogP contribution in [0.1, 0.15) is 16.8 Å². The Bertz CT molecular complexity index is 580. The summed E-state index contributed by atoms with van der Waals surface area (Å²) in [6.45, 7) is 0.993. The van der Waals surface area contributed by atoms with Crippen molar-refractivity contribution < 1.29 is 19.8 Å². The third-order valence-electron chi connectivity index (χ3n) is 3.24. The maximum atomic E-state index is 12.1. The smallest absolute Gasteiger partial charge is 0.317 e. The van der Waals surface area contributed by atoms with Gasteiger partial charge in [-0.05, 0) is 18.6 Å². The number of likely N-dealkylation sites (tertiary alicyclic amines) is 1. The van der Waals surface area contributed by atoms with Crippen molar-refractivity contribution in [2.75, 3.05) is 19.6 Å². The quantitative estimate of drug-likeness (QED) is 0.779. The molecular weight excluding hydrogens is 319 g/mol. The van der Waals surface area contributed by atoms with Crippen molar-refractivity contribution in [3.8, 4) is 5.75 Å². The molecule has 1 aromatic carbocycles. The highest BCUT2D eigenvalue weighted by Crippen LogP contribution is 2.31. The fourth-order valence-electron chi connectivity index (χ4n) is 2.29. The van der Waals surface area contributed by atoms with Gasteiger partial charge in [-0.25, -0.2) is 0 Å². The van der Waals surface area contributed by atoms with Crippen LogP contribution in [0, 0.1) is 0 Å². The molecule has 1 aliphatic heterocycles. The Hall–Kier alpha value is -1.50. The lowest BCUT2D eigenvalue weighted by Crippen LogP contribution is -2.38. The Morgan fingerprint density at radius 1 is 1.38 bits per heavy atom. The van der Waals surface area contributed by atoms with Crippen LogP contribution in [0.5, 0.6) is 5.75 Å². The first-order valence-corrected chi connectivity index (χ1v) is 7.05. The highest BCUT2D eigenvalue weighted by atomic mass is 35.5. The zero-order valence-corrected chi connectivity index (χ0v) is 12.5. The number of aromatic hydroxyl groups is 1. The number of amides is 1. The Labute approximate surface area is 131 Å². The molecule has 0 radical (unpaired) electrons. The average Bonchev–Trinajstić information content (AvgIpc) is 2.80. The van der Waals surface area contributed by atoms with E-state index in [1.165, 1.54) is 12.1 Å². The fourth-order valence-corrected chi connectivity index (χ4v) is 2.78. The van der Waals surface area contributed by atoms with Crippen molar-refractivity contribution in [1.82, 2.24) is 10.2 Å². The van der Waals surface area contributed by atoms with E-state index in [9.17, 15) is 14.7 Å². The number of halogens is 2. The summed E-state index contributed by atoms with van der Waals surface area (Å²) in [6.07, 6.45) is 0.647. The molecule has 1 heterocycles. The largest absolute Gasteiger partial charge is 0.506 e. The molecule has 1 aliphatic rings. The minimum Gasteiger partial charge on any atom is -0.506 e. The number of hydrogen-bond donors (Lipinski definition) is 3. The van der Waals surface area contributed by atoms with Gasteiger partial charge < -0.3 is 15.5 Å². The van der Waals surface area contributed by atoms with E-state index < -0.39 is 11.9 Å². The van der Waals surface area contributed by atoms with E-state index in [0.717, 1.165) is 0 Å². The molecule has 0 bridgehead atoms. The van der Waals surface area contributed by atoms with Crippen molar-refractivity contribution >= 4 is 35.1 Å². The number of rotatable bonds is 4. The Balaban J connectivity index is 2.01. The van der Waals surface area contributed by atoms with Gasteiger partial charge in [0, 0.05) is 24.2 Å². The van der Waals surface area contributed by atoms with E-state index in [1.54, 1.807) is 4.90 Å². The summed E-state index contributed by atoms with van der Waals surface area (Å²) >= 11 is 11.6. The van der Waals surface area contributed by atoms with Crippen molar-refractivity contribution in [3.05, 3.63) is 27.7 Å². The van der Waals surface area contributed by atoms with Gasteiger partial charge in [-0.15, -0.1) is 0 Å². The maximum Gasteiger partial charge on any atom is 0.317 e. The molecule has 1 fully saturated rings. The number of carboxylic acids is 1. The van der Waals surface area contributed by atoms with Gasteiger partial charge in [0.05, 0.1) is 17.1 Å². The Morgan fingerprint density at radius 3 is 2.76 bits per heavy atom. The van der Waals surface area contributed by atoms with E-state index in [0.29, 0.717) is 19.5 Å². The van der Waals surface area contributed by atoms with Gasteiger partial charge in [-0.2, -0.15) is 0 Å². The molecule has 1 unspecified atom stereocenters. The summed E-state index contributed by atoms with van der Waals surface area (Å²) in [5.41, 5.74) is 0.00387.